The summed E-state index contributed by atoms with van der Waals surface area (Å²) in [5.74, 6) is -0.157. The van der Waals surface area contributed by atoms with Crippen LogP contribution in [0.15, 0.2) is 16.7 Å². The molecule has 0 atom stereocenters. The Morgan fingerprint density at radius 1 is 1.24 bits per heavy atom. The van der Waals surface area contributed by atoms with E-state index >= 15 is 0 Å². The molecule has 0 saturated carbocycles. The number of hydrogen-bond donors (Lipinski definition) is 0. The molecule has 0 radical (unpaired) electrons. The summed E-state index contributed by atoms with van der Waals surface area (Å²) in [6.45, 7) is 5.55. The standard InChI is InChI=1S/C15H24BrN3O2/c1-5-7-18-10-12(16)9-13(18)15(21)19(8-6-2)11-14(20)17(3)4/h9-10H,5-8,11H2,1-4H3. The number of nitrogens with zero attached hydrogens (tertiary/aromatic N) is 3. The van der Waals surface area contributed by atoms with Crippen molar-refractivity contribution >= 4 is 27.7 Å². The van der Waals surface area contributed by atoms with Gasteiger partial charge in [0.15, 0.2) is 0 Å². The van der Waals surface area contributed by atoms with Gasteiger partial charge in [-0.1, -0.05) is 13.8 Å². The van der Waals surface area contributed by atoms with Crippen molar-refractivity contribution in [3.05, 3.63) is 22.4 Å². The lowest BCUT2D eigenvalue weighted by atomic mass is 10.3. The van der Waals surface area contributed by atoms with Crippen LogP contribution in [0.1, 0.15) is 37.2 Å². The van der Waals surface area contributed by atoms with E-state index in [4.69, 9.17) is 0 Å². The average Bonchev–Trinajstić information content (AvgIpc) is 2.78. The SMILES string of the molecule is CCCN(CC(=O)N(C)C)C(=O)c1cc(Br)cn1CCC. The molecule has 0 aliphatic rings. The molecule has 21 heavy (non-hydrogen) atoms. The summed E-state index contributed by atoms with van der Waals surface area (Å²) in [5.41, 5.74) is 0.628. The van der Waals surface area contributed by atoms with Gasteiger partial charge in [-0.3, -0.25) is 9.59 Å². The van der Waals surface area contributed by atoms with Crippen LogP contribution in [-0.2, 0) is 11.3 Å². The summed E-state index contributed by atoms with van der Waals surface area (Å²) >= 11 is 3.42. The Balaban J connectivity index is 2.97. The number of aromatic nitrogens is 1. The molecule has 1 aromatic heterocycles. The van der Waals surface area contributed by atoms with Crippen molar-refractivity contribution in [2.45, 2.75) is 33.2 Å². The fourth-order valence-corrected chi connectivity index (χ4v) is 2.53. The maximum absolute atomic E-state index is 12.7. The first kappa shape index (κ1) is 17.8. The molecule has 118 valence electrons. The van der Waals surface area contributed by atoms with Gasteiger partial charge < -0.3 is 14.4 Å². The van der Waals surface area contributed by atoms with Gasteiger partial charge in [-0.25, -0.2) is 0 Å². The Morgan fingerprint density at radius 2 is 1.90 bits per heavy atom. The number of carbonyl (C=O) groups is 2. The van der Waals surface area contributed by atoms with Crippen LogP contribution in [0.5, 0.6) is 0 Å². The van der Waals surface area contributed by atoms with Gasteiger partial charge in [0.05, 0.1) is 0 Å². The fraction of sp³-hybridized carbons (Fsp3) is 0.600. The molecule has 0 saturated heterocycles. The summed E-state index contributed by atoms with van der Waals surface area (Å²) < 4.78 is 2.82. The number of aryl methyl sites for hydroxylation is 1. The van der Waals surface area contributed by atoms with Crippen LogP contribution in [0.2, 0.25) is 0 Å². The van der Waals surface area contributed by atoms with E-state index < -0.39 is 0 Å². The summed E-state index contributed by atoms with van der Waals surface area (Å²) in [5, 5.41) is 0. The zero-order chi connectivity index (χ0) is 16.0. The minimum Gasteiger partial charge on any atom is -0.347 e. The van der Waals surface area contributed by atoms with Crippen LogP contribution < -0.4 is 0 Å². The zero-order valence-corrected chi connectivity index (χ0v) is 14.8. The van der Waals surface area contributed by atoms with Gasteiger partial charge in [-0.2, -0.15) is 0 Å². The molecular weight excluding hydrogens is 334 g/mol. The third-order valence-corrected chi connectivity index (χ3v) is 3.59. The quantitative estimate of drug-likeness (QED) is 0.752. The van der Waals surface area contributed by atoms with E-state index in [0.29, 0.717) is 12.2 Å². The number of amides is 2. The highest BCUT2D eigenvalue weighted by Gasteiger charge is 2.22. The van der Waals surface area contributed by atoms with E-state index in [9.17, 15) is 9.59 Å². The summed E-state index contributed by atoms with van der Waals surface area (Å²) in [4.78, 5) is 27.7. The smallest absolute Gasteiger partial charge is 0.270 e. The normalized spacial score (nSPS) is 10.5. The van der Waals surface area contributed by atoms with Crippen LogP contribution in [0.3, 0.4) is 0 Å². The predicted octanol–water partition coefficient (Wildman–Crippen LogP) is 2.60. The van der Waals surface area contributed by atoms with E-state index in [1.165, 1.54) is 4.90 Å². The maximum Gasteiger partial charge on any atom is 0.270 e. The largest absolute Gasteiger partial charge is 0.347 e. The van der Waals surface area contributed by atoms with Crippen molar-refractivity contribution in [2.24, 2.45) is 0 Å². The molecule has 0 unspecified atom stereocenters. The van der Waals surface area contributed by atoms with Crippen molar-refractivity contribution in [1.82, 2.24) is 14.4 Å². The Hall–Kier alpha value is -1.30. The highest BCUT2D eigenvalue weighted by atomic mass is 79.9. The van der Waals surface area contributed by atoms with Crippen molar-refractivity contribution in [3.63, 3.8) is 0 Å². The molecule has 0 bridgehead atoms. The molecule has 6 heteroatoms. The van der Waals surface area contributed by atoms with Gasteiger partial charge >= 0.3 is 0 Å². The molecule has 0 spiro atoms. The topological polar surface area (TPSA) is 45.6 Å². The van der Waals surface area contributed by atoms with Crippen molar-refractivity contribution in [2.75, 3.05) is 27.2 Å². The Morgan fingerprint density at radius 3 is 2.43 bits per heavy atom. The van der Waals surface area contributed by atoms with Crippen molar-refractivity contribution < 1.29 is 9.59 Å². The Kier molecular flexibility index (Phi) is 6.95. The van der Waals surface area contributed by atoms with E-state index in [2.05, 4.69) is 22.9 Å². The molecule has 0 aromatic carbocycles. The van der Waals surface area contributed by atoms with Gasteiger partial charge in [-0.15, -0.1) is 0 Å². The van der Waals surface area contributed by atoms with Gasteiger partial charge in [0.25, 0.3) is 5.91 Å². The van der Waals surface area contributed by atoms with Gasteiger partial charge in [0.1, 0.15) is 12.2 Å². The fourth-order valence-electron chi connectivity index (χ4n) is 2.07. The minimum atomic E-state index is -0.0915. The molecule has 0 aliphatic heterocycles. The maximum atomic E-state index is 12.7. The molecule has 5 nitrogen and oxygen atoms in total. The van der Waals surface area contributed by atoms with E-state index in [1.807, 2.05) is 23.8 Å². The van der Waals surface area contributed by atoms with Crippen LogP contribution >= 0.6 is 15.9 Å². The summed E-state index contributed by atoms with van der Waals surface area (Å²) in [6.07, 6.45) is 3.68. The molecule has 1 rings (SSSR count). The molecular formula is C15H24BrN3O2. The number of rotatable bonds is 7. The van der Waals surface area contributed by atoms with Crippen LogP contribution in [0.4, 0.5) is 0 Å². The highest BCUT2D eigenvalue weighted by Crippen LogP contribution is 2.17. The monoisotopic (exact) mass is 357 g/mol. The lowest BCUT2D eigenvalue weighted by molar-refractivity contribution is -0.129. The van der Waals surface area contributed by atoms with Crippen molar-refractivity contribution in [3.8, 4) is 0 Å². The Labute approximate surface area is 135 Å². The number of hydrogen-bond acceptors (Lipinski definition) is 2. The number of likely N-dealkylation sites (N-methyl/N-ethyl adjacent to an activating group) is 1. The minimum absolute atomic E-state index is 0.0653. The van der Waals surface area contributed by atoms with E-state index in [1.54, 1.807) is 19.0 Å². The van der Waals surface area contributed by atoms with E-state index in [-0.39, 0.29) is 18.4 Å². The van der Waals surface area contributed by atoms with Gasteiger partial charge in [0.2, 0.25) is 5.91 Å². The van der Waals surface area contributed by atoms with Crippen LogP contribution in [0, 0.1) is 0 Å². The second-order valence-corrected chi connectivity index (χ2v) is 6.17. The summed E-state index contributed by atoms with van der Waals surface area (Å²) in [7, 11) is 3.40. The van der Waals surface area contributed by atoms with Crippen LogP contribution in [-0.4, -0.2) is 53.4 Å². The molecule has 1 heterocycles. The molecule has 1 aromatic rings. The lowest BCUT2D eigenvalue weighted by Gasteiger charge is -2.24. The van der Waals surface area contributed by atoms with Crippen molar-refractivity contribution in [1.29, 1.82) is 0 Å². The predicted molar refractivity (Wildman–Crippen MR) is 87.3 cm³/mol. The first-order valence-corrected chi connectivity index (χ1v) is 8.05. The second kappa shape index (κ2) is 8.22. The van der Waals surface area contributed by atoms with Gasteiger partial charge in [-0.05, 0) is 34.8 Å². The molecule has 0 aliphatic carbocycles. The third-order valence-electron chi connectivity index (χ3n) is 3.15. The lowest BCUT2D eigenvalue weighted by Crippen LogP contribution is -2.41. The molecule has 2 amide bonds. The number of halogens is 1. The first-order valence-electron chi connectivity index (χ1n) is 7.25. The second-order valence-electron chi connectivity index (χ2n) is 5.25. The Bertz CT molecular complexity index is 497. The first-order chi connectivity index (χ1) is 9.90. The average molecular weight is 358 g/mol. The highest BCUT2D eigenvalue weighted by molar-refractivity contribution is 9.10. The summed E-state index contributed by atoms with van der Waals surface area (Å²) in [6, 6.07) is 1.82. The van der Waals surface area contributed by atoms with Crippen LogP contribution in [0.25, 0.3) is 0 Å². The number of carbonyl (C=O) groups excluding carboxylic acids is 2. The van der Waals surface area contributed by atoms with Gasteiger partial charge in [0, 0.05) is 37.9 Å². The zero-order valence-electron chi connectivity index (χ0n) is 13.2. The molecule has 0 fully saturated rings. The molecule has 0 N–H and O–H groups in total. The van der Waals surface area contributed by atoms with E-state index in [0.717, 1.165) is 23.9 Å². The third kappa shape index (κ3) is 4.88.